The van der Waals surface area contributed by atoms with Crippen molar-refractivity contribution in [2.24, 2.45) is 0 Å². The SMILES string of the molecule is C[C@@H](NS(=O)(=O)c1ccc(C(C)(C)C)cc1)C(=O)N1CCCCC1. The smallest absolute Gasteiger partial charge is 0.241 e. The van der Waals surface area contributed by atoms with Gasteiger partial charge in [-0.2, -0.15) is 4.72 Å². The number of likely N-dealkylation sites (tertiary alicyclic amines) is 1. The van der Waals surface area contributed by atoms with Gasteiger partial charge in [0.15, 0.2) is 0 Å². The minimum absolute atomic E-state index is 0.0345. The summed E-state index contributed by atoms with van der Waals surface area (Å²) in [4.78, 5) is 14.3. The Morgan fingerprint density at radius 3 is 2.12 bits per heavy atom. The molecule has 0 radical (unpaired) electrons. The Morgan fingerprint density at radius 2 is 1.62 bits per heavy atom. The Hall–Kier alpha value is -1.40. The third-order valence-corrected chi connectivity index (χ3v) is 5.96. The molecule has 0 spiro atoms. The number of sulfonamides is 1. The Morgan fingerprint density at radius 1 is 1.08 bits per heavy atom. The number of benzene rings is 1. The van der Waals surface area contributed by atoms with Crippen LogP contribution in [0.1, 0.15) is 52.5 Å². The Labute approximate surface area is 145 Å². The van der Waals surface area contributed by atoms with Gasteiger partial charge in [-0.3, -0.25) is 4.79 Å². The first-order valence-electron chi connectivity index (χ1n) is 8.53. The number of rotatable bonds is 4. The fourth-order valence-corrected chi connectivity index (χ4v) is 4.07. The highest BCUT2D eigenvalue weighted by molar-refractivity contribution is 7.89. The van der Waals surface area contributed by atoms with Crippen LogP contribution < -0.4 is 4.72 Å². The second-order valence-electron chi connectivity index (χ2n) is 7.50. The van der Waals surface area contributed by atoms with E-state index < -0.39 is 16.1 Å². The van der Waals surface area contributed by atoms with E-state index in [-0.39, 0.29) is 16.2 Å². The first kappa shape index (κ1) is 18.9. The van der Waals surface area contributed by atoms with Crippen molar-refractivity contribution in [1.82, 2.24) is 9.62 Å². The molecule has 0 aliphatic carbocycles. The van der Waals surface area contributed by atoms with Crippen LogP contribution in [0.5, 0.6) is 0 Å². The molecule has 24 heavy (non-hydrogen) atoms. The van der Waals surface area contributed by atoms with Gasteiger partial charge in [0.05, 0.1) is 10.9 Å². The van der Waals surface area contributed by atoms with Crippen molar-refractivity contribution in [2.45, 2.75) is 63.3 Å². The molecule has 134 valence electrons. The molecule has 1 aliphatic heterocycles. The van der Waals surface area contributed by atoms with Gasteiger partial charge in [0.1, 0.15) is 0 Å². The highest BCUT2D eigenvalue weighted by Gasteiger charge is 2.27. The van der Waals surface area contributed by atoms with E-state index in [4.69, 9.17) is 0 Å². The zero-order valence-electron chi connectivity index (χ0n) is 15.0. The van der Waals surface area contributed by atoms with E-state index in [0.29, 0.717) is 13.1 Å². The van der Waals surface area contributed by atoms with Gasteiger partial charge >= 0.3 is 0 Å². The standard InChI is InChI=1S/C18H28N2O3S/c1-14(17(21)20-12-6-5-7-13-20)19-24(22,23)16-10-8-15(9-11-16)18(2,3)4/h8-11,14,19H,5-7,12-13H2,1-4H3/t14-/m1/s1. The molecule has 1 N–H and O–H groups in total. The molecule has 1 aliphatic rings. The van der Waals surface area contributed by atoms with Gasteiger partial charge in [0, 0.05) is 13.1 Å². The quantitative estimate of drug-likeness (QED) is 0.906. The van der Waals surface area contributed by atoms with Crippen LogP contribution in [-0.4, -0.2) is 38.4 Å². The lowest BCUT2D eigenvalue weighted by Gasteiger charge is -2.29. The van der Waals surface area contributed by atoms with Crippen molar-refractivity contribution in [2.75, 3.05) is 13.1 Å². The van der Waals surface area contributed by atoms with Gasteiger partial charge in [0.2, 0.25) is 15.9 Å². The van der Waals surface area contributed by atoms with Gasteiger partial charge in [-0.1, -0.05) is 32.9 Å². The maximum absolute atomic E-state index is 12.5. The van der Waals surface area contributed by atoms with Gasteiger partial charge in [-0.25, -0.2) is 8.42 Å². The summed E-state index contributed by atoms with van der Waals surface area (Å²) < 4.78 is 27.5. The molecule has 1 fully saturated rings. The Kier molecular flexibility index (Phi) is 5.71. The number of carbonyl (C=O) groups is 1. The Bertz CT molecular complexity index is 669. The Balaban J connectivity index is 2.08. The summed E-state index contributed by atoms with van der Waals surface area (Å²) in [7, 11) is -3.70. The number of piperidine rings is 1. The van der Waals surface area contributed by atoms with Gasteiger partial charge in [-0.15, -0.1) is 0 Å². The molecular weight excluding hydrogens is 324 g/mol. The van der Waals surface area contributed by atoms with Crippen LogP contribution in [0.2, 0.25) is 0 Å². The first-order chi connectivity index (χ1) is 11.1. The number of nitrogens with one attached hydrogen (secondary N) is 1. The molecular formula is C18H28N2O3S. The van der Waals surface area contributed by atoms with Crippen LogP contribution in [0.3, 0.4) is 0 Å². The molecule has 1 aromatic carbocycles. The molecule has 5 nitrogen and oxygen atoms in total. The number of nitrogens with zero attached hydrogens (tertiary/aromatic N) is 1. The van der Waals surface area contributed by atoms with Gasteiger partial charge < -0.3 is 4.90 Å². The van der Waals surface area contributed by atoms with Crippen LogP contribution in [0.25, 0.3) is 0 Å². The molecule has 0 unspecified atom stereocenters. The van der Waals surface area contributed by atoms with Gasteiger partial charge in [-0.05, 0) is 49.3 Å². The number of carbonyl (C=O) groups excluding carboxylic acids is 1. The lowest BCUT2D eigenvalue weighted by Crippen LogP contribution is -2.48. The molecule has 1 saturated heterocycles. The normalized spacial score (nSPS) is 17.6. The van der Waals surface area contributed by atoms with Crippen LogP contribution in [0, 0.1) is 0 Å². The first-order valence-corrected chi connectivity index (χ1v) is 10.0. The second kappa shape index (κ2) is 7.23. The van der Waals surface area contributed by atoms with E-state index in [1.807, 2.05) is 12.1 Å². The largest absolute Gasteiger partial charge is 0.341 e. The molecule has 1 aromatic rings. The number of hydrogen-bond acceptors (Lipinski definition) is 3. The fraction of sp³-hybridized carbons (Fsp3) is 0.611. The fourth-order valence-electron chi connectivity index (χ4n) is 2.87. The van der Waals surface area contributed by atoms with E-state index in [9.17, 15) is 13.2 Å². The maximum Gasteiger partial charge on any atom is 0.241 e. The molecule has 1 atom stereocenters. The monoisotopic (exact) mass is 352 g/mol. The minimum Gasteiger partial charge on any atom is -0.341 e. The molecule has 6 heteroatoms. The van der Waals surface area contributed by atoms with Crippen molar-refractivity contribution in [1.29, 1.82) is 0 Å². The second-order valence-corrected chi connectivity index (χ2v) is 9.22. The maximum atomic E-state index is 12.5. The van der Waals surface area contributed by atoms with E-state index in [0.717, 1.165) is 24.8 Å². The predicted octanol–water partition coefficient (Wildman–Crippen LogP) is 2.66. The van der Waals surface area contributed by atoms with Crippen LogP contribution in [0.15, 0.2) is 29.2 Å². The lowest BCUT2D eigenvalue weighted by atomic mass is 9.87. The highest BCUT2D eigenvalue weighted by atomic mass is 32.2. The summed E-state index contributed by atoms with van der Waals surface area (Å²) in [5.41, 5.74) is 1.03. The van der Waals surface area contributed by atoms with E-state index in [2.05, 4.69) is 25.5 Å². The average molecular weight is 353 g/mol. The third-order valence-electron chi connectivity index (χ3n) is 4.40. The summed E-state index contributed by atoms with van der Waals surface area (Å²) in [6.07, 6.45) is 3.10. The zero-order chi connectivity index (χ0) is 18.0. The van der Waals surface area contributed by atoms with E-state index in [1.165, 1.54) is 0 Å². The third kappa shape index (κ3) is 4.57. The van der Waals surface area contributed by atoms with Crippen molar-refractivity contribution in [3.8, 4) is 0 Å². The van der Waals surface area contributed by atoms with Crippen LogP contribution in [-0.2, 0) is 20.2 Å². The lowest BCUT2D eigenvalue weighted by molar-refractivity contribution is -0.133. The molecule has 1 heterocycles. The summed E-state index contributed by atoms with van der Waals surface area (Å²) in [5.74, 6) is -0.149. The highest BCUT2D eigenvalue weighted by Crippen LogP contribution is 2.23. The summed E-state index contributed by atoms with van der Waals surface area (Å²) in [6, 6.07) is 6.09. The average Bonchev–Trinajstić information content (AvgIpc) is 2.54. The molecule has 1 amide bonds. The molecule has 0 aromatic heterocycles. The minimum atomic E-state index is -3.70. The molecule has 0 bridgehead atoms. The number of hydrogen-bond donors (Lipinski definition) is 1. The number of amides is 1. The summed E-state index contributed by atoms with van der Waals surface area (Å²) in [6.45, 7) is 9.27. The van der Waals surface area contributed by atoms with Crippen LogP contribution in [0.4, 0.5) is 0 Å². The van der Waals surface area contributed by atoms with Crippen LogP contribution >= 0.6 is 0 Å². The summed E-state index contributed by atoms with van der Waals surface area (Å²) in [5, 5.41) is 0. The van der Waals surface area contributed by atoms with Gasteiger partial charge in [0.25, 0.3) is 0 Å². The topological polar surface area (TPSA) is 66.5 Å². The molecule has 0 saturated carbocycles. The van der Waals surface area contributed by atoms with Crippen molar-refractivity contribution in [3.63, 3.8) is 0 Å². The predicted molar refractivity (Wildman–Crippen MR) is 95.4 cm³/mol. The van der Waals surface area contributed by atoms with Crippen molar-refractivity contribution >= 4 is 15.9 Å². The van der Waals surface area contributed by atoms with Crippen molar-refractivity contribution < 1.29 is 13.2 Å². The summed E-state index contributed by atoms with van der Waals surface area (Å²) >= 11 is 0. The van der Waals surface area contributed by atoms with Crippen molar-refractivity contribution in [3.05, 3.63) is 29.8 Å². The zero-order valence-corrected chi connectivity index (χ0v) is 15.8. The molecule has 2 rings (SSSR count). The van der Waals surface area contributed by atoms with E-state index in [1.54, 1.807) is 24.0 Å². The van der Waals surface area contributed by atoms with E-state index >= 15 is 0 Å².